The lowest BCUT2D eigenvalue weighted by atomic mass is 9.93. The highest BCUT2D eigenvalue weighted by molar-refractivity contribution is 5.17. The quantitative estimate of drug-likeness (QED) is 0.907. The predicted molar refractivity (Wildman–Crippen MR) is 74.2 cm³/mol. The molecule has 0 saturated carbocycles. The van der Waals surface area contributed by atoms with Gasteiger partial charge in [0.1, 0.15) is 5.82 Å². The first-order valence-corrected chi connectivity index (χ1v) is 7.16. The molecule has 1 aromatic rings. The van der Waals surface area contributed by atoms with Gasteiger partial charge in [-0.1, -0.05) is 13.8 Å². The van der Waals surface area contributed by atoms with E-state index >= 15 is 0 Å². The molecular weight excluding hydrogens is 240 g/mol. The lowest BCUT2D eigenvalue weighted by Crippen LogP contribution is -2.19. The van der Waals surface area contributed by atoms with Crippen LogP contribution in [0.4, 0.5) is 0 Å². The van der Waals surface area contributed by atoms with E-state index in [0.717, 1.165) is 43.3 Å². The number of rotatable bonds is 4. The molecule has 1 unspecified atom stereocenters. The standard InChI is InChI=1S/C15H24N2O2/c1-10(2)13(9-18)15-16-11(3)8-14(17-15)12-4-6-19-7-5-12/h8,10,12-13,18H,4-7,9H2,1-3H3. The molecule has 2 rings (SSSR count). The van der Waals surface area contributed by atoms with Gasteiger partial charge in [0, 0.05) is 36.4 Å². The Balaban J connectivity index is 2.27. The molecule has 0 bridgehead atoms. The summed E-state index contributed by atoms with van der Waals surface area (Å²) in [5, 5.41) is 9.54. The van der Waals surface area contributed by atoms with Crippen molar-refractivity contribution in [2.45, 2.75) is 45.4 Å². The van der Waals surface area contributed by atoms with Crippen molar-refractivity contribution in [2.24, 2.45) is 5.92 Å². The van der Waals surface area contributed by atoms with Gasteiger partial charge in [0.25, 0.3) is 0 Å². The van der Waals surface area contributed by atoms with Crippen LogP contribution in [-0.2, 0) is 4.74 Å². The molecule has 106 valence electrons. The molecule has 1 N–H and O–H groups in total. The molecule has 4 heteroatoms. The Kier molecular flexibility index (Phi) is 4.88. The molecule has 0 aliphatic carbocycles. The number of hydrogen-bond donors (Lipinski definition) is 1. The van der Waals surface area contributed by atoms with Crippen LogP contribution in [0, 0.1) is 12.8 Å². The largest absolute Gasteiger partial charge is 0.396 e. The van der Waals surface area contributed by atoms with E-state index in [1.165, 1.54) is 0 Å². The van der Waals surface area contributed by atoms with Gasteiger partial charge < -0.3 is 9.84 Å². The van der Waals surface area contributed by atoms with Crippen molar-refractivity contribution in [3.8, 4) is 0 Å². The zero-order valence-electron chi connectivity index (χ0n) is 12.1. The second-order valence-electron chi connectivity index (χ2n) is 5.71. The lowest BCUT2D eigenvalue weighted by Gasteiger charge is -2.24. The van der Waals surface area contributed by atoms with Crippen molar-refractivity contribution in [3.63, 3.8) is 0 Å². The van der Waals surface area contributed by atoms with E-state index in [2.05, 4.69) is 24.9 Å². The van der Waals surface area contributed by atoms with Gasteiger partial charge in [-0.3, -0.25) is 0 Å². The first-order chi connectivity index (χ1) is 9.11. The van der Waals surface area contributed by atoms with Crippen LogP contribution in [0.5, 0.6) is 0 Å². The summed E-state index contributed by atoms with van der Waals surface area (Å²) in [5.41, 5.74) is 2.11. The second kappa shape index (κ2) is 6.44. The Labute approximate surface area is 115 Å². The lowest BCUT2D eigenvalue weighted by molar-refractivity contribution is 0.0843. The Bertz CT molecular complexity index is 415. The molecule has 0 aromatic carbocycles. The zero-order chi connectivity index (χ0) is 13.8. The average Bonchev–Trinajstić information content (AvgIpc) is 2.39. The molecule has 1 atom stereocenters. The summed E-state index contributed by atoms with van der Waals surface area (Å²) in [6.45, 7) is 7.94. The van der Waals surface area contributed by atoms with E-state index < -0.39 is 0 Å². The third kappa shape index (κ3) is 3.51. The third-order valence-electron chi connectivity index (χ3n) is 3.86. The van der Waals surface area contributed by atoms with Crippen LogP contribution in [0.15, 0.2) is 6.07 Å². The van der Waals surface area contributed by atoms with Gasteiger partial charge in [0.15, 0.2) is 0 Å². The Hall–Kier alpha value is -1.00. The Morgan fingerprint density at radius 3 is 2.58 bits per heavy atom. The van der Waals surface area contributed by atoms with Gasteiger partial charge >= 0.3 is 0 Å². The third-order valence-corrected chi connectivity index (χ3v) is 3.86. The molecule has 0 amide bonds. The van der Waals surface area contributed by atoms with E-state index in [1.807, 2.05) is 6.92 Å². The number of hydrogen-bond acceptors (Lipinski definition) is 4. The maximum atomic E-state index is 9.54. The Morgan fingerprint density at radius 1 is 1.32 bits per heavy atom. The fraction of sp³-hybridized carbons (Fsp3) is 0.733. The van der Waals surface area contributed by atoms with Crippen LogP contribution in [0.25, 0.3) is 0 Å². The Morgan fingerprint density at radius 2 is 2.00 bits per heavy atom. The van der Waals surface area contributed by atoms with E-state index in [-0.39, 0.29) is 12.5 Å². The average molecular weight is 264 g/mol. The minimum atomic E-state index is 0.0264. The van der Waals surface area contributed by atoms with E-state index in [9.17, 15) is 5.11 Å². The van der Waals surface area contributed by atoms with Gasteiger partial charge in [-0.15, -0.1) is 0 Å². The van der Waals surface area contributed by atoms with Gasteiger partial charge in [-0.2, -0.15) is 0 Å². The number of aliphatic hydroxyl groups is 1. The summed E-state index contributed by atoms with van der Waals surface area (Å²) in [6, 6.07) is 2.08. The molecule has 0 radical (unpaired) electrons. The fourth-order valence-corrected chi connectivity index (χ4v) is 2.58. The summed E-state index contributed by atoms with van der Waals surface area (Å²) in [6.07, 6.45) is 2.06. The molecule has 1 aliphatic rings. The molecule has 19 heavy (non-hydrogen) atoms. The molecule has 2 heterocycles. The van der Waals surface area contributed by atoms with Crippen molar-refractivity contribution < 1.29 is 9.84 Å². The minimum absolute atomic E-state index is 0.0264. The topological polar surface area (TPSA) is 55.2 Å². The monoisotopic (exact) mass is 264 g/mol. The van der Waals surface area contributed by atoms with Gasteiger partial charge in [-0.05, 0) is 31.7 Å². The van der Waals surface area contributed by atoms with Gasteiger partial charge in [0.2, 0.25) is 0 Å². The molecule has 1 aromatic heterocycles. The van der Waals surface area contributed by atoms with Crippen molar-refractivity contribution in [1.29, 1.82) is 0 Å². The van der Waals surface area contributed by atoms with E-state index in [0.29, 0.717) is 11.8 Å². The summed E-state index contributed by atoms with van der Waals surface area (Å²) >= 11 is 0. The summed E-state index contributed by atoms with van der Waals surface area (Å²) in [7, 11) is 0. The summed E-state index contributed by atoms with van der Waals surface area (Å²) < 4.78 is 5.41. The molecule has 1 aliphatic heterocycles. The molecule has 0 spiro atoms. The van der Waals surface area contributed by atoms with E-state index in [1.54, 1.807) is 0 Å². The predicted octanol–water partition coefficient (Wildman–Crippen LogP) is 2.41. The molecular formula is C15H24N2O2. The normalized spacial score (nSPS) is 18.8. The first-order valence-electron chi connectivity index (χ1n) is 7.16. The van der Waals surface area contributed by atoms with Crippen LogP contribution >= 0.6 is 0 Å². The smallest absolute Gasteiger partial charge is 0.134 e. The van der Waals surface area contributed by atoms with E-state index in [4.69, 9.17) is 9.72 Å². The number of aryl methyl sites for hydroxylation is 1. The molecule has 4 nitrogen and oxygen atoms in total. The van der Waals surface area contributed by atoms with Crippen LogP contribution < -0.4 is 0 Å². The highest BCUT2D eigenvalue weighted by Crippen LogP contribution is 2.28. The second-order valence-corrected chi connectivity index (χ2v) is 5.71. The SMILES string of the molecule is Cc1cc(C2CCOCC2)nc(C(CO)C(C)C)n1. The summed E-state index contributed by atoms with van der Waals surface area (Å²) in [4.78, 5) is 9.24. The highest BCUT2D eigenvalue weighted by atomic mass is 16.5. The number of aromatic nitrogens is 2. The molecule has 1 fully saturated rings. The van der Waals surface area contributed by atoms with Gasteiger partial charge in [0.05, 0.1) is 6.61 Å². The zero-order valence-corrected chi connectivity index (χ0v) is 12.1. The van der Waals surface area contributed by atoms with Gasteiger partial charge in [-0.25, -0.2) is 9.97 Å². The van der Waals surface area contributed by atoms with Crippen molar-refractivity contribution >= 4 is 0 Å². The number of aliphatic hydroxyl groups excluding tert-OH is 1. The van der Waals surface area contributed by atoms with Crippen LogP contribution in [0.2, 0.25) is 0 Å². The van der Waals surface area contributed by atoms with Crippen LogP contribution in [0.3, 0.4) is 0 Å². The molecule has 1 saturated heterocycles. The maximum Gasteiger partial charge on any atom is 0.134 e. The number of nitrogens with zero attached hydrogens (tertiary/aromatic N) is 2. The summed E-state index contributed by atoms with van der Waals surface area (Å²) in [5.74, 6) is 1.63. The van der Waals surface area contributed by atoms with Crippen molar-refractivity contribution in [3.05, 3.63) is 23.3 Å². The fourth-order valence-electron chi connectivity index (χ4n) is 2.58. The van der Waals surface area contributed by atoms with Crippen molar-refractivity contribution in [1.82, 2.24) is 9.97 Å². The first kappa shape index (κ1) is 14.4. The van der Waals surface area contributed by atoms with Crippen LogP contribution in [0.1, 0.15) is 55.7 Å². The minimum Gasteiger partial charge on any atom is -0.396 e. The highest BCUT2D eigenvalue weighted by Gasteiger charge is 2.22. The maximum absolute atomic E-state index is 9.54. The van der Waals surface area contributed by atoms with Crippen molar-refractivity contribution in [2.75, 3.05) is 19.8 Å². The van der Waals surface area contributed by atoms with Crippen LogP contribution in [-0.4, -0.2) is 34.9 Å². The number of ether oxygens (including phenoxy) is 1.